The highest BCUT2D eigenvalue weighted by atomic mass is 16.5. The second kappa shape index (κ2) is 2.98. The topological polar surface area (TPSA) is 9.23 Å². The molecule has 1 aliphatic rings. The molecular weight excluding hydrogens is 160 g/mol. The Morgan fingerprint density at radius 3 is 1.62 bits per heavy atom. The maximum absolute atomic E-state index is 6.05. The first kappa shape index (κ1) is 11.0. The smallest absolute Gasteiger partial charge is 0.0658 e. The fourth-order valence-electron chi connectivity index (χ4n) is 2.44. The van der Waals surface area contributed by atoms with Gasteiger partial charge in [0.25, 0.3) is 0 Å². The van der Waals surface area contributed by atoms with Gasteiger partial charge in [-0.2, -0.15) is 0 Å². The lowest BCUT2D eigenvalue weighted by Gasteiger charge is -2.39. The quantitative estimate of drug-likeness (QED) is 0.606. The van der Waals surface area contributed by atoms with Crippen LogP contribution in [-0.2, 0) is 4.74 Å². The Morgan fingerprint density at radius 1 is 1.00 bits per heavy atom. The summed E-state index contributed by atoms with van der Waals surface area (Å²) in [5.41, 5.74) is 0.558. The maximum atomic E-state index is 6.05. The molecule has 1 fully saturated rings. The first-order chi connectivity index (χ1) is 5.71. The highest BCUT2D eigenvalue weighted by Gasteiger charge is 2.54. The van der Waals surface area contributed by atoms with E-state index in [1.165, 1.54) is 0 Å². The lowest BCUT2D eigenvalue weighted by Crippen LogP contribution is -2.39. The number of hydrogen-bond acceptors (Lipinski definition) is 1. The average molecular weight is 184 g/mol. The molecule has 78 valence electrons. The predicted octanol–water partition coefficient (Wildman–Crippen LogP) is 3.48. The Bertz CT molecular complexity index is 191. The standard InChI is InChI=1S/C12H24O/c1-8(2)10-12(6,7)11(4,5)9(3)13-10/h8-10H,1-7H3. The van der Waals surface area contributed by atoms with Gasteiger partial charge < -0.3 is 4.74 Å². The molecule has 1 nitrogen and oxygen atoms in total. The van der Waals surface area contributed by atoms with Gasteiger partial charge in [0.05, 0.1) is 12.2 Å². The molecule has 0 spiro atoms. The molecule has 0 bridgehead atoms. The van der Waals surface area contributed by atoms with E-state index in [0.717, 1.165) is 0 Å². The molecule has 1 rings (SSSR count). The summed E-state index contributed by atoms with van der Waals surface area (Å²) in [5.74, 6) is 0.610. The monoisotopic (exact) mass is 184 g/mol. The highest BCUT2D eigenvalue weighted by Crippen LogP contribution is 2.53. The second-order valence-electron chi connectivity index (χ2n) is 5.89. The van der Waals surface area contributed by atoms with E-state index >= 15 is 0 Å². The van der Waals surface area contributed by atoms with Crippen LogP contribution < -0.4 is 0 Å². The number of ether oxygens (including phenoxy) is 1. The van der Waals surface area contributed by atoms with Crippen LogP contribution in [0.5, 0.6) is 0 Å². The third-order valence-corrected chi connectivity index (χ3v) is 4.34. The molecule has 0 amide bonds. The first-order valence-electron chi connectivity index (χ1n) is 5.36. The molecule has 0 N–H and O–H groups in total. The van der Waals surface area contributed by atoms with Gasteiger partial charge in [-0.25, -0.2) is 0 Å². The highest BCUT2D eigenvalue weighted by molar-refractivity contribution is 5.02. The Balaban J connectivity index is 2.97. The van der Waals surface area contributed by atoms with Crippen molar-refractivity contribution in [1.29, 1.82) is 0 Å². The van der Waals surface area contributed by atoms with Crippen LogP contribution in [0, 0.1) is 16.7 Å². The summed E-state index contributed by atoms with van der Waals surface area (Å²) in [6.45, 7) is 16.0. The fourth-order valence-corrected chi connectivity index (χ4v) is 2.44. The summed E-state index contributed by atoms with van der Waals surface area (Å²) < 4.78 is 6.05. The average Bonchev–Trinajstić information content (AvgIpc) is 2.10. The van der Waals surface area contributed by atoms with Crippen LogP contribution in [0.15, 0.2) is 0 Å². The summed E-state index contributed by atoms with van der Waals surface area (Å²) >= 11 is 0. The van der Waals surface area contributed by atoms with E-state index in [9.17, 15) is 0 Å². The Morgan fingerprint density at radius 2 is 1.46 bits per heavy atom. The molecule has 13 heavy (non-hydrogen) atoms. The molecule has 0 aromatic carbocycles. The Hall–Kier alpha value is -0.0400. The third kappa shape index (κ3) is 1.41. The van der Waals surface area contributed by atoms with Crippen molar-refractivity contribution in [1.82, 2.24) is 0 Å². The minimum atomic E-state index is 0.278. The lowest BCUT2D eigenvalue weighted by atomic mass is 9.63. The molecular formula is C12H24O. The van der Waals surface area contributed by atoms with Crippen LogP contribution in [0.25, 0.3) is 0 Å². The van der Waals surface area contributed by atoms with Gasteiger partial charge in [-0.1, -0.05) is 41.5 Å². The van der Waals surface area contributed by atoms with E-state index < -0.39 is 0 Å². The maximum Gasteiger partial charge on any atom is 0.0658 e. The van der Waals surface area contributed by atoms with Gasteiger partial charge in [-0.15, -0.1) is 0 Å². The molecule has 1 saturated heterocycles. The van der Waals surface area contributed by atoms with E-state index in [1.807, 2.05) is 0 Å². The lowest BCUT2D eigenvalue weighted by molar-refractivity contribution is -0.00360. The first-order valence-corrected chi connectivity index (χ1v) is 5.36. The van der Waals surface area contributed by atoms with E-state index in [-0.39, 0.29) is 10.8 Å². The molecule has 0 aromatic heterocycles. The van der Waals surface area contributed by atoms with Crippen molar-refractivity contribution in [2.24, 2.45) is 16.7 Å². The summed E-state index contributed by atoms with van der Waals surface area (Å²) in [4.78, 5) is 0. The molecule has 1 aliphatic heterocycles. The summed E-state index contributed by atoms with van der Waals surface area (Å²) in [7, 11) is 0. The van der Waals surface area contributed by atoms with Gasteiger partial charge in [0, 0.05) is 0 Å². The summed E-state index contributed by atoms with van der Waals surface area (Å²) in [6, 6.07) is 0. The molecule has 0 aromatic rings. The molecule has 0 aliphatic carbocycles. The number of hydrogen-bond donors (Lipinski definition) is 0. The fraction of sp³-hybridized carbons (Fsp3) is 1.00. The van der Waals surface area contributed by atoms with Crippen molar-refractivity contribution in [2.45, 2.75) is 60.7 Å². The van der Waals surface area contributed by atoms with Crippen molar-refractivity contribution in [3.05, 3.63) is 0 Å². The van der Waals surface area contributed by atoms with Gasteiger partial charge in [-0.3, -0.25) is 0 Å². The number of rotatable bonds is 1. The third-order valence-electron chi connectivity index (χ3n) is 4.34. The minimum Gasteiger partial charge on any atom is -0.374 e. The van der Waals surface area contributed by atoms with E-state index in [1.54, 1.807) is 0 Å². The SMILES string of the molecule is CC(C)C1OC(C)C(C)(C)C1(C)C. The van der Waals surface area contributed by atoms with Crippen LogP contribution in [0.1, 0.15) is 48.5 Å². The van der Waals surface area contributed by atoms with E-state index in [0.29, 0.717) is 18.1 Å². The zero-order chi connectivity index (χ0) is 10.4. The van der Waals surface area contributed by atoms with E-state index in [4.69, 9.17) is 4.74 Å². The van der Waals surface area contributed by atoms with Gasteiger partial charge in [0.1, 0.15) is 0 Å². The zero-order valence-electron chi connectivity index (χ0n) is 10.1. The van der Waals surface area contributed by atoms with E-state index in [2.05, 4.69) is 48.5 Å². The van der Waals surface area contributed by atoms with Gasteiger partial charge >= 0.3 is 0 Å². The zero-order valence-corrected chi connectivity index (χ0v) is 10.1. The van der Waals surface area contributed by atoms with Crippen LogP contribution in [-0.4, -0.2) is 12.2 Å². The Labute approximate surface area is 82.9 Å². The van der Waals surface area contributed by atoms with Gasteiger partial charge in [-0.05, 0) is 23.7 Å². The molecule has 1 heterocycles. The molecule has 1 heteroatoms. The van der Waals surface area contributed by atoms with Gasteiger partial charge in [0.2, 0.25) is 0 Å². The van der Waals surface area contributed by atoms with Crippen molar-refractivity contribution < 1.29 is 4.74 Å². The van der Waals surface area contributed by atoms with Crippen LogP contribution in [0.4, 0.5) is 0 Å². The molecule has 0 radical (unpaired) electrons. The van der Waals surface area contributed by atoms with Crippen LogP contribution >= 0.6 is 0 Å². The van der Waals surface area contributed by atoms with Crippen molar-refractivity contribution in [3.63, 3.8) is 0 Å². The largest absolute Gasteiger partial charge is 0.374 e. The normalized spacial score (nSPS) is 36.9. The molecule has 2 atom stereocenters. The van der Waals surface area contributed by atoms with Gasteiger partial charge in [0.15, 0.2) is 0 Å². The summed E-state index contributed by atoms with van der Waals surface area (Å²) in [6.07, 6.45) is 0.771. The van der Waals surface area contributed by atoms with Crippen LogP contribution in [0.3, 0.4) is 0 Å². The Kier molecular flexibility index (Phi) is 2.53. The van der Waals surface area contributed by atoms with Crippen molar-refractivity contribution in [3.8, 4) is 0 Å². The minimum absolute atomic E-state index is 0.278. The second-order valence-corrected chi connectivity index (χ2v) is 5.89. The predicted molar refractivity (Wildman–Crippen MR) is 56.7 cm³/mol. The van der Waals surface area contributed by atoms with Crippen molar-refractivity contribution >= 4 is 0 Å². The molecule has 2 unspecified atom stereocenters. The van der Waals surface area contributed by atoms with Crippen LogP contribution in [0.2, 0.25) is 0 Å². The summed E-state index contributed by atoms with van der Waals surface area (Å²) in [5, 5.41) is 0. The molecule has 0 saturated carbocycles. The van der Waals surface area contributed by atoms with Crippen molar-refractivity contribution in [2.75, 3.05) is 0 Å².